The van der Waals surface area contributed by atoms with Crippen LogP contribution in [0.2, 0.25) is 0 Å². The Morgan fingerprint density at radius 2 is 1.48 bits per heavy atom. The fourth-order valence-corrected chi connectivity index (χ4v) is 3.15. The predicted molar refractivity (Wildman–Crippen MR) is 115 cm³/mol. The lowest BCUT2D eigenvalue weighted by Crippen LogP contribution is -2.11. The minimum absolute atomic E-state index is 0.172. The predicted octanol–water partition coefficient (Wildman–Crippen LogP) is 4.17. The van der Waals surface area contributed by atoms with Gasteiger partial charge in [-0.05, 0) is 30.3 Å². The minimum Gasteiger partial charge on any atom is -0.497 e. The molecule has 8 nitrogen and oxygen atoms in total. The number of carbonyl (C=O) groups excluding carboxylic acids is 1. The van der Waals surface area contributed by atoms with Crippen LogP contribution >= 0.6 is 0 Å². The first-order valence-corrected chi connectivity index (χ1v) is 9.43. The Morgan fingerprint density at radius 1 is 0.806 bits per heavy atom. The summed E-state index contributed by atoms with van der Waals surface area (Å²) >= 11 is 0. The van der Waals surface area contributed by atoms with Crippen LogP contribution in [0.25, 0.3) is 0 Å². The van der Waals surface area contributed by atoms with E-state index in [2.05, 4.69) is 5.32 Å². The van der Waals surface area contributed by atoms with Gasteiger partial charge in [-0.15, -0.1) is 0 Å². The molecule has 0 atom stereocenters. The second-order valence-corrected chi connectivity index (χ2v) is 6.49. The molecule has 0 spiro atoms. The highest BCUT2D eigenvalue weighted by atomic mass is 16.5. The van der Waals surface area contributed by atoms with Gasteiger partial charge in [-0.1, -0.05) is 0 Å². The van der Waals surface area contributed by atoms with Gasteiger partial charge in [0.2, 0.25) is 5.75 Å². The lowest BCUT2D eigenvalue weighted by Gasteiger charge is -2.14. The number of carbonyl (C=O) groups is 1. The van der Waals surface area contributed by atoms with Gasteiger partial charge in [0.1, 0.15) is 17.3 Å². The smallest absolute Gasteiger partial charge is 0.291 e. The van der Waals surface area contributed by atoms with Crippen molar-refractivity contribution in [1.29, 1.82) is 0 Å². The van der Waals surface area contributed by atoms with Crippen molar-refractivity contribution in [2.45, 2.75) is 6.42 Å². The normalized spacial score (nSPS) is 10.4. The van der Waals surface area contributed by atoms with Gasteiger partial charge in [-0.3, -0.25) is 4.79 Å². The molecule has 0 aliphatic rings. The van der Waals surface area contributed by atoms with E-state index in [9.17, 15) is 4.79 Å². The van der Waals surface area contributed by atoms with E-state index >= 15 is 0 Å². The molecule has 3 aromatic rings. The number of hydrogen-bond acceptors (Lipinski definition) is 7. The fourth-order valence-electron chi connectivity index (χ4n) is 3.15. The van der Waals surface area contributed by atoms with Crippen LogP contribution in [0.1, 0.15) is 21.9 Å². The summed E-state index contributed by atoms with van der Waals surface area (Å²) in [6, 6.07) is 12.2. The van der Waals surface area contributed by atoms with Gasteiger partial charge < -0.3 is 33.4 Å². The Balaban J connectivity index is 1.78. The molecule has 31 heavy (non-hydrogen) atoms. The van der Waals surface area contributed by atoms with E-state index in [0.717, 1.165) is 5.56 Å². The summed E-state index contributed by atoms with van der Waals surface area (Å²) in [5.74, 6) is 3.11. The Labute approximate surface area is 180 Å². The van der Waals surface area contributed by atoms with Gasteiger partial charge in [0.25, 0.3) is 5.91 Å². The van der Waals surface area contributed by atoms with Crippen molar-refractivity contribution in [2.24, 2.45) is 0 Å². The number of hydrogen-bond donors (Lipinski definition) is 1. The zero-order chi connectivity index (χ0) is 22.4. The number of furan rings is 1. The maximum absolute atomic E-state index is 12.7. The van der Waals surface area contributed by atoms with E-state index < -0.39 is 5.91 Å². The van der Waals surface area contributed by atoms with Crippen molar-refractivity contribution in [1.82, 2.24) is 0 Å². The van der Waals surface area contributed by atoms with Crippen LogP contribution in [0, 0.1) is 0 Å². The number of rotatable bonds is 9. The molecule has 0 saturated heterocycles. The van der Waals surface area contributed by atoms with Crippen molar-refractivity contribution >= 4 is 11.6 Å². The van der Waals surface area contributed by atoms with E-state index in [1.165, 1.54) is 21.3 Å². The third kappa shape index (κ3) is 4.85. The molecule has 1 amide bonds. The SMILES string of the molecule is COc1ccc(OC)c(Cc2ccc(C(=O)Nc3cc(OC)c(OC)c(OC)c3)o2)c1. The molecule has 0 saturated carbocycles. The van der Waals surface area contributed by atoms with E-state index in [-0.39, 0.29) is 5.76 Å². The third-order valence-corrected chi connectivity index (χ3v) is 4.66. The first kappa shape index (κ1) is 21.9. The van der Waals surface area contributed by atoms with Gasteiger partial charge in [-0.25, -0.2) is 0 Å². The largest absolute Gasteiger partial charge is 0.497 e. The average Bonchev–Trinajstić information content (AvgIpc) is 3.26. The van der Waals surface area contributed by atoms with Gasteiger partial charge in [0, 0.05) is 29.8 Å². The number of benzene rings is 2. The molecule has 0 fully saturated rings. The molecule has 3 rings (SSSR count). The zero-order valence-electron chi connectivity index (χ0n) is 18.1. The number of anilines is 1. The van der Waals surface area contributed by atoms with Gasteiger partial charge in [0.05, 0.1) is 35.5 Å². The summed E-state index contributed by atoms with van der Waals surface area (Å²) < 4.78 is 32.4. The summed E-state index contributed by atoms with van der Waals surface area (Å²) in [6.45, 7) is 0. The molecule has 0 radical (unpaired) electrons. The molecule has 164 valence electrons. The van der Waals surface area contributed by atoms with Crippen molar-refractivity contribution < 1.29 is 32.9 Å². The molecule has 0 bridgehead atoms. The second kappa shape index (κ2) is 9.80. The van der Waals surface area contributed by atoms with Crippen LogP contribution < -0.4 is 29.0 Å². The maximum Gasteiger partial charge on any atom is 0.291 e. The fraction of sp³-hybridized carbons (Fsp3) is 0.261. The van der Waals surface area contributed by atoms with Crippen molar-refractivity contribution in [3.05, 3.63) is 59.5 Å². The second-order valence-electron chi connectivity index (χ2n) is 6.49. The molecule has 0 aliphatic carbocycles. The quantitative estimate of drug-likeness (QED) is 0.548. The summed E-state index contributed by atoms with van der Waals surface area (Å²) in [7, 11) is 7.73. The Morgan fingerprint density at radius 3 is 2.06 bits per heavy atom. The molecule has 1 N–H and O–H groups in total. The highest BCUT2D eigenvalue weighted by Crippen LogP contribution is 2.40. The molecular weight excluding hydrogens is 402 g/mol. The lowest BCUT2D eigenvalue weighted by atomic mass is 10.1. The number of methoxy groups -OCH3 is 5. The van der Waals surface area contributed by atoms with Crippen LogP contribution in [0.5, 0.6) is 28.7 Å². The summed E-state index contributed by atoms with van der Waals surface area (Å²) in [6.07, 6.45) is 0.442. The highest BCUT2D eigenvalue weighted by Gasteiger charge is 2.17. The summed E-state index contributed by atoms with van der Waals surface area (Å²) in [4.78, 5) is 12.7. The van der Waals surface area contributed by atoms with Crippen LogP contribution in [-0.4, -0.2) is 41.5 Å². The summed E-state index contributed by atoms with van der Waals surface area (Å²) in [5, 5.41) is 2.78. The van der Waals surface area contributed by atoms with Crippen LogP contribution in [-0.2, 0) is 6.42 Å². The van der Waals surface area contributed by atoms with Crippen LogP contribution in [0.15, 0.2) is 46.9 Å². The first-order chi connectivity index (χ1) is 15.0. The first-order valence-electron chi connectivity index (χ1n) is 9.43. The van der Waals surface area contributed by atoms with Crippen molar-refractivity contribution in [2.75, 3.05) is 40.9 Å². The van der Waals surface area contributed by atoms with E-state index in [4.69, 9.17) is 28.1 Å². The molecule has 1 heterocycles. The Bertz CT molecular complexity index is 1030. The number of nitrogens with one attached hydrogen (secondary N) is 1. The van der Waals surface area contributed by atoms with Crippen LogP contribution in [0.3, 0.4) is 0 Å². The lowest BCUT2D eigenvalue weighted by molar-refractivity contribution is 0.0995. The van der Waals surface area contributed by atoms with E-state index in [1.54, 1.807) is 38.5 Å². The molecular formula is C23H25NO7. The number of ether oxygens (including phenoxy) is 5. The maximum atomic E-state index is 12.7. The highest BCUT2D eigenvalue weighted by molar-refractivity contribution is 6.02. The number of amides is 1. The van der Waals surface area contributed by atoms with Crippen LogP contribution in [0.4, 0.5) is 5.69 Å². The van der Waals surface area contributed by atoms with Crippen molar-refractivity contribution in [3.8, 4) is 28.7 Å². The monoisotopic (exact) mass is 427 g/mol. The van der Waals surface area contributed by atoms with Crippen molar-refractivity contribution in [3.63, 3.8) is 0 Å². The summed E-state index contributed by atoms with van der Waals surface area (Å²) in [5.41, 5.74) is 1.36. The molecule has 0 aliphatic heterocycles. The third-order valence-electron chi connectivity index (χ3n) is 4.66. The van der Waals surface area contributed by atoms with E-state index in [0.29, 0.717) is 46.6 Å². The Hall–Kier alpha value is -3.81. The van der Waals surface area contributed by atoms with Gasteiger partial charge in [-0.2, -0.15) is 0 Å². The topological polar surface area (TPSA) is 88.4 Å². The molecule has 1 aromatic heterocycles. The van der Waals surface area contributed by atoms with Gasteiger partial charge >= 0.3 is 0 Å². The Kier molecular flexibility index (Phi) is 6.92. The molecule has 2 aromatic carbocycles. The standard InChI is InChI=1S/C23H25NO7/c1-26-16-6-8-18(27-2)14(10-16)11-17-7-9-19(31-17)23(25)24-15-12-20(28-3)22(30-5)21(13-15)29-4/h6-10,12-13H,11H2,1-5H3,(H,24,25). The molecule has 8 heteroatoms. The molecule has 0 unspecified atom stereocenters. The minimum atomic E-state index is -0.405. The average molecular weight is 427 g/mol. The van der Waals surface area contributed by atoms with E-state index in [1.807, 2.05) is 18.2 Å². The van der Waals surface area contributed by atoms with Gasteiger partial charge in [0.15, 0.2) is 17.3 Å². The zero-order valence-corrected chi connectivity index (χ0v) is 18.1.